The molecule has 62 valence electrons. The maximum Gasteiger partial charge on any atom is 0.417 e. The fraction of sp³-hybridized carbons (Fsp3) is 0.125. The van der Waals surface area contributed by atoms with Gasteiger partial charge in [0.2, 0.25) is 0 Å². The minimum atomic E-state index is -0.630. The fourth-order valence-electron chi connectivity index (χ4n) is 1.15. The zero-order chi connectivity index (χ0) is 8.72. The minimum absolute atomic E-state index is 0.00870. The number of oxazole rings is 1. The summed E-state index contributed by atoms with van der Waals surface area (Å²) < 4.78 is 17.6. The second-order valence-electron chi connectivity index (χ2n) is 2.64. The minimum Gasteiger partial charge on any atom is -0.405 e. The first-order chi connectivity index (χ1) is 5.66. The maximum atomic E-state index is 13.0. The third-order valence-electron chi connectivity index (χ3n) is 1.62. The van der Waals surface area contributed by atoms with Crippen molar-refractivity contribution in [2.24, 2.45) is 0 Å². The molecule has 0 radical (unpaired) electrons. The Morgan fingerprint density at radius 1 is 1.50 bits per heavy atom. The number of H-pyrrole nitrogens is 1. The smallest absolute Gasteiger partial charge is 0.405 e. The lowest BCUT2D eigenvalue weighted by Gasteiger charge is -1.91. The Labute approximate surface area is 66.8 Å². The first-order valence-electron chi connectivity index (χ1n) is 3.46. The van der Waals surface area contributed by atoms with Gasteiger partial charge in [-0.25, -0.2) is 9.18 Å². The van der Waals surface area contributed by atoms with Crippen LogP contribution >= 0.6 is 0 Å². The molecule has 2 aromatic rings. The largest absolute Gasteiger partial charge is 0.417 e. The van der Waals surface area contributed by atoms with E-state index in [2.05, 4.69) is 9.40 Å². The molecule has 1 N–H and O–H groups in total. The molecule has 2 rings (SSSR count). The topological polar surface area (TPSA) is 46.0 Å². The lowest BCUT2D eigenvalue weighted by molar-refractivity contribution is 0.523. The molecule has 0 aliphatic carbocycles. The number of benzene rings is 1. The molecule has 0 bridgehead atoms. The summed E-state index contributed by atoms with van der Waals surface area (Å²) in [6, 6.07) is 2.97. The van der Waals surface area contributed by atoms with Crippen LogP contribution in [0.2, 0.25) is 0 Å². The number of aryl methyl sites for hydroxylation is 1. The van der Waals surface area contributed by atoms with Gasteiger partial charge in [0, 0.05) is 0 Å². The quantitative estimate of drug-likeness (QED) is 0.647. The molecular weight excluding hydrogens is 161 g/mol. The van der Waals surface area contributed by atoms with E-state index in [1.54, 1.807) is 13.0 Å². The van der Waals surface area contributed by atoms with Crippen molar-refractivity contribution < 1.29 is 8.81 Å². The van der Waals surface area contributed by atoms with Crippen LogP contribution in [0.15, 0.2) is 21.3 Å². The maximum absolute atomic E-state index is 13.0. The van der Waals surface area contributed by atoms with Crippen molar-refractivity contribution in [1.29, 1.82) is 0 Å². The van der Waals surface area contributed by atoms with Gasteiger partial charge in [0.15, 0.2) is 11.4 Å². The molecule has 0 spiro atoms. The summed E-state index contributed by atoms with van der Waals surface area (Å²) in [6.07, 6.45) is 0. The van der Waals surface area contributed by atoms with Crippen molar-refractivity contribution >= 4 is 11.1 Å². The third kappa shape index (κ3) is 0.922. The summed E-state index contributed by atoms with van der Waals surface area (Å²) in [5.41, 5.74) is 1.14. The molecule has 0 unspecified atom stereocenters. The number of hydrogen-bond donors (Lipinski definition) is 1. The van der Waals surface area contributed by atoms with Gasteiger partial charge in [0.25, 0.3) is 0 Å². The Morgan fingerprint density at radius 3 is 3.00 bits per heavy atom. The van der Waals surface area contributed by atoms with Gasteiger partial charge in [0.05, 0.1) is 5.52 Å². The molecule has 12 heavy (non-hydrogen) atoms. The van der Waals surface area contributed by atoms with Gasteiger partial charge in [-0.2, -0.15) is 0 Å². The Kier molecular flexibility index (Phi) is 1.30. The van der Waals surface area contributed by atoms with Gasteiger partial charge >= 0.3 is 5.76 Å². The van der Waals surface area contributed by atoms with Crippen LogP contribution in [0.25, 0.3) is 11.1 Å². The van der Waals surface area contributed by atoms with Crippen molar-refractivity contribution in [2.45, 2.75) is 6.92 Å². The molecule has 1 aromatic carbocycles. The molecule has 3 nitrogen and oxygen atoms in total. The van der Waals surface area contributed by atoms with E-state index in [-0.39, 0.29) is 5.58 Å². The van der Waals surface area contributed by atoms with Crippen LogP contribution < -0.4 is 5.76 Å². The first-order valence-corrected chi connectivity index (χ1v) is 3.46. The van der Waals surface area contributed by atoms with Crippen LogP contribution in [0.1, 0.15) is 5.56 Å². The highest BCUT2D eigenvalue weighted by Gasteiger charge is 2.06. The molecule has 0 aliphatic rings. The Balaban J connectivity index is 2.97. The summed E-state index contributed by atoms with van der Waals surface area (Å²) in [7, 11) is 0. The molecule has 0 aliphatic heterocycles. The highest BCUT2D eigenvalue weighted by Crippen LogP contribution is 2.15. The van der Waals surface area contributed by atoms with E-state index < -0.39 is 11.6 Å². The second-order valence-corrected chi connectivity index (χ2v) is 2.64. The van der Waals surface area contributed by atoms with Crippen LogP contribution in [-0.2, 0) is 0 Å². The van der Waals surface area contributed by atoms with Gasteiger partial charge in [-0.05, 0) is 24.6 Å². The number of hydrogen-bond acceptors (Lipinski definition) is 2. The van der Waals surface area contributed by atoms with Gasteiger partial charge in [-0.15, -0.1) is 0 Å². The number of fused-ring (bicyclic) bond motifs is 1. The Bertz CT molecular complexity index is 483. The molecule has 0 saturated carbocycles. The van der Waals surface area contributed by atoms with E-state index in [0.717, 1.165) is 5.56 Å². The van der Waals surface area contributed by atoms with Crippen LogP contribution in [0, 0.1) is 12.7 Å². The van der Waals surface area contributed by atoms with Crippen molar-refractivity contribution in [3.63, 3.8) is 0 Å². The van der Waals surface area contributed by atoms with Gasteiger partial charge < -0.3 is 4.42 Å². The second kappa shape index (κ2) is 2.20. The molecule has 0 atom stereocenters. The Morgan fingerprint density at radius 2 is 2.25 bits per heavy atom. The van der Waals surface area contributed by atoms with Crippen LogP contribution in [0.4, 0.5) is 4.39 Å². The lowest BCUT2D eigenvalue weighted by atomic mass is 10.2. The number of halogens is 1. The van der Waals surface area contributed by atoms with E-state index in [1.807, 2.05) is 0 Å². The number of aromatic nitrogens is 1. The Hall–Kier alpha value is -1.58. The SMILES string of the molecule is Cc1cc(F)c2oc(=O)[nH]c2c1. The van der Waals surface area contributed by atoms with E-state index in [0.29, 0.717) is 5.52 Å². The predicted molar refractivity (Wildman–Crippen MR) is 41.5 cm³/mol. The van der Waals surface area contributed by atoms with E-state index in [1.165, 1.54) is 6.07 Å². The van der Waals surface area contributed by atoms with E-state index in [4.69, 9.17) is 0 Å². The predicted octanol–water partition coefficient (Wildman–Crippen LogP) is 1.57. The summed E-state index contributed by atoms with van der Waals surface area (Å²) in [4.78, 5) is 13.0. The highest BCUT2D eigenvalue weighted by molar-refractivity contribution is 5.73. The van der Waals surface area contributed by atoms with Crippen LogP contribution in [0.3, 0.4) is 0 Å². The fourth-order valence-corrected chi connectivity index (χ4v) is 1.15. The molecule has 0 saturated heterocycles. The molecule has 0 amide bonds. The number of nitrogens with one attached hydrogen (secondary N) is 1. The number of aromatic amines is 1. The molecule has 4 heteroatoms. The average molecular weight is 167 g/mol. The van der Waals surface area contributed by atoms with E-state index in [9.17, 15) is 9.18 Å². The molecular formula is C8H6FNO2. The molecule has 1 aromatic heterocycles. The summed E-state index contributed by atoms with van der Waals surface area (Å²) in [5, 5.41) is 0. The summed E-state index contributed by atoms with van der Waals surface area (Å²) in [6.45, 7) is 1.74. The average Bonchev–Trinajstić information content (AvgIpc) is 2.29. The number of rotatable bonds is 0. The summed E-state index contributed by atoms with van der Waals surface area (Å²) in [5.74, 6) is -1.14. The zero-order valence-corrected chi connectivity index (χ0v) is 6.35. The molecule has 0 fully saturated rings. The van der Waals surface area contributed by atoms with Crippen molar-refractivity contribution in [3.05, 3.63) is 34.1 Å². The first kappa shape index (κ1) is 7.09. The van der Waals surface area contributed by atoms with Crippen molar-refractivity contribution in [1.82, 2.24) is 4.98 Å². The lowest BCUT2D eigenvalue weighted by Crippen LogP contribution is -1.92. The summed E-state index contributed by atoms with van der Waals surface area (Å²) >= 11 is 0. The van der Waals surface area contributed by atoms with Gasteiger partial charge in [0.1, 0.15) is 0 Å². The van der Waals surface area contributed by atoms with Gasteiger partial charge in [-0.3, -0.25) is 4.98 Å². The normalized spacial score (nSPS) is 10.8. The van der Waals surface area contributed by atoms with Crippen molar-refractivity contribution in [3.8, 4) is 0 Å². The van der Waals surface area contributed by atoms with Gasteiger partial charge in [-0.1, -0.05) is 0 Å². The highest BCUT2D eigenvalue weighted by atomic mass is 19.1. The third-order valence-corrected chi connectivity index (χ3v) is 1.62. The molecule has 1 heterocycles. The van der Waals surface area contributed by atoms with Crippen LogP contribution in [-0.4, -0.2) is 4.98 Å². The van der Waals surface area contributed by atoms with E-state index >= 15 is 0 Å². The van der Waals surface area contributed by atoms with Crippen LogP contribution in [0.5, 0.6) is 0 Å². The monoisotopic (exact) mass is 167 g/mol. The van der Waals surface area contributed by atoms with Crippen molar-refractivity contribution in [2.75, 3.05) is 0 Å². The standard InChI is InChI=1S/C8H6FNO2/c1-4-2-5(9)7-6(3-4)10-8(11)12-7/h2-3H,1H3,(H,10,11). The zero-order valence-electron chi connectivity index (χ0n) is 6.35.